The van der Waals surface area contributed by atoms with Gasteiger partial charge in [0.2, 0.25) is 0 Å². The lowest BCUT2D eigenvalue weighted by Crippen LogP contribution is -2.35. The fraction of sp³-hybridized carbons (Fsp3) is 0.250. The summed E-state index contributed by atoms with van der Waals surface area (Å²) >= 11 is 1.35. The van der Waals surface area contributed by atoms with Gasteiger partial charge < -0.3 is 4.90 Å². The molecule has 0 bridgehead atoms. The summed E-state index contributed by atoms with van der Waals surface area (Å²) in [6.07, 6.45) is 4.52. The number of carbonyl (C=O) groups is 3. The van der Waals surface area contributed by atoms with Gasteiger partial charge in [0.25, 0.3) is 0 Å². The van der Waals surface area contributed by atoms with E-state index < -0.39 is 0 Å². The Labute approximate surface area is 185 Å². The third-order valence-corrected chi connectivity index (χ3v) is 6.61. The van der Waals surface area contributed by atoms with Crippen molar-refractivity contribution in [2.75, 3.05) is 24.5 Å². The molecule has 4 rings (SSSR count). The predicted molar refractivity (Wildman–Crippen MR) is 121 cm³/mol. The molecule has 0 unspecified atom stereocenters. The first-order valence-electron chi connectivity index (χ1n) is 10.2. The summed E-state index contributed by atoms with van der Waals surface area (Å²) in [5, 5.41) is 0.752. The number of urea groups is 1. The van der Waals surface area contributed by atoms with Crippen molar-refractivity contribution in [1.29, 1.82) is 0 Å². The number of ketones is 2. The van der Waals surface area contributed by atoms with Gasteiger partial charge >= 0.3 is 6.03 Å². The van der Waals surface area contributed by atoms with Crippen molar-refractivity contribution < 1.29 is 14.4 Å². The van der Waals surface area contributed by atoms with Gasteiger partial charge in [-0.25, -0.2) is 4.79 Å². The zero-order chi connectivity index (χ0) is 21.8. The van der Waals surface area contributed by atoms with Crippen molar-refractivity contribution in [3.05, 3.63) is 82.5 Å². The predicted octanol–water partition coefficient (Wildman–Crippen LogP) is 4.39. The number of thiophene rings is 1. The zero-order valence-electron chi connectivity index (χ0n) is 17.3. The maximum absolute atomic E-state index is 12.9. The Balaban J connectivity index is 1.40. The maximum Gasteiger partial charge on any atom is 0.325 e. The minimum absolute atomic E-state index is 0.0562. The van der Waals surface area contributed by atoms with E-state index in [-0.39, 0.29) is 24.1 Å². The number of rotatable bonds is 8. The summed E-state index contributed by atoms with van der Waals surface area (Å²) < 4.78 is 0. The molecule has 1 aromatic carbocycles. The normalized spacial score (nSPS) is 13.6. The highest BCUT2D eigenvalue weighted by Crippen LogP contribution is 2.33. The maximum atomic E-state index is 12.9. The summed E-state index contributed by atoms with van der Waals surface area (Å²) in [5.74, 6) is -0.00945. The van der Waals surface area contributed by atoms with E-state index in [1.807, 2.05) is 43.3 Å². The number of carbonyl (C=O) groups excluding carboxylic acids is 3. The SMILES string of the molecule is Cc1cc(N2CCN(CC(=O)c3ccccc3)C2=O)sc1C(=O)CCc1cccnc1. The van der Waals surface area contributed by atoms with Crippen molar-refractivity contribution in [1.82, 2.24) is 9.88 Å². The van der Waals surface area contributed by atoms with Crippen LogP contribution in [0.3, 0.4) is 0 Å². The standard InChI is InChI=1S/C24H23N3O3S/c1-17-14-22(31-23(17)20(28)10-9-18-6-5-11-25-15-18)27-13-12-26(24(27)30)16-21(29)19-7-3-2-4-8-19/h2-8,11,14-15H,9-10,12-13,16H2,1H3. The molecule has 1 fully saturated rings. The summed E-state index contributed by atoms with van der Waals surface area (Å²) in [6.45, 7) is 2.94. The second-order valence-electron chi connectivity index (χ2n) is 7.53. The Morgan fingerprint density at radius 1 is 1.06 bits per heavy atom. The third kappa shape index (κ3) is 4.72. The Morgan fingerprint density at radius 2 is 1.87 bits per heavy atom. The first kappa shape index (κ1) is 20.9. The van der Waals surface area contributed by atoms with Crippen LogP contribution in [-0.2, 0) is 6.42 Å². The quantitative estimate of drug-likeness (QED) is 0.494. The molecule has 0 spiro atoms. The van der Waals surface area contributed by atoms with Crippen LogP contribution in [0.4, 0.5) is 9.80 Å². The minimum Gasteiger partial charge on any atom is -0.315 e. The van der Waals surface area contributed by atoms with Crippen LogP contribution in [0, 0.1) is 6.92 Å². The lowest BCUT2D eigenvalue weighted by Gasteiger charge is -2.16. The minimum atomic E-state index is -0.195. The molecule has 1 saturated heterocycles. The van der Waals surface area contributed by atoms with Crippen LogP contribution in [0.2, 0.25) is 0 Å². The topological polar surface area (TPSA) is 70.6 Å². The van der Waals surface area contributed by atoms with Gasteiger partial charge in [0.1, 0.15) is 0 Å². The largest absolute Gasteiger partial charge is 0.325 e. The molecule has 3 aromatic rings. The van der Waals surface area contributed by atoms with E-state index in [1.165, 1.54) is 11.3 Å². The fourth-order valence-corrected chi connectivity index (χ4v) is 4.78. The Hall–Kier alpha value is -3.32. The average molecular weight is 434 g/mol. The molecule has 7 heteroatoms. The molecule has 0 aliphatic carbocycles. The number of Topliss-reactive ketones (excluding diaryl/α,β-unsaturated/α-hetero) is 2. The van der Waals surface area contributed by atoms with Gasteiger partial charge in [0.05, 0.1) is 16.4 Å². The highest BCUT2D eigenvalue weighted by Gasteiger charge is 2.32. The molecule has 158 valence electrons. The molecule has 6 nitrogen and oxygen atoms in total. The summed E-state index contributed by atoms with van der Waals surface area (Å²) in [6, 6.07) is 14.5. The number of anilines is 1. The molecule has 31 heavy (non-hydrogen) atoms. The van der Waals surface area contributed by atoms with E-state index in [0.717, 1.165) is 16.1 Å². The van der Waals surface area contributed by atoms with Gasteiger partial charge in [-0.3, -0.25) is 19.5 Å². The number of benzene rings is 1. The van der Waals surface area contributed by atoms with E-state index in [9.17, 15) is 14.4 Å². The first-order valence-corrected chi connectivity index (χ1v) is 11.0. The van der Waals surface area contributed by atoms with Gasteiger partial charge in [-0.15, -0.1) is 11.3 Å². The van der Waals surface area contributed by atoms with E-state index in [1.54, 1.807) is 34.3 Å². The van der Waals surface area contributed by atoms with E-state index in [4.69, 9.17) is 0 Å². The van der Waals surface area contributed by atoms with E-state index in [2.05, 4.69) is 4.98 Å². The van der Waals surface area contributed by atoms with Crippen LogP contribution in [0.15, 0.2) is 60.9 Å². The molecule has 3 heterocycles. The average Bonchev–Trinajstić information content (AvgIpc) is 3.35. The lowest BCUT2D eigenvalue weighted by atomic mass is 10.1. The van der Waals surface area contributed by atoms with E-state index >= 15 is 0 Å². The highest BCUT2D eigenvalue weighted by atomic mass is 32.1. The van der Waals surface area contributed by atoms with E-state index in [0.29, 0.717) is 36.4 Å². The number of hydrogen-bond acceptors (Lipinski definition) is 5. The molecule has 0 N–H and O–H groups in total. The van der Waals surface area contributed by atoms with Crippen LogP contribution < -0.4 is 4.90 Å². The van der Waals surface area contributed by atoms with Gasteiger partial charge in [0.15, 0.2) is 11.6 Å². The van der Waals surface area contributed by atoms with Crippen molar-refractivity contribution in [3.8, 4) is 0 Å². The lowest BCUT2D eigenvalue weighted by molar-refractivity contribution is 0.0953. The van der Waals surface area contributed by atoms with Gasteiger partial charge in [-0.05, 0) is 36.6 Å². The second-order valence-corrected chi connectivity index (χ2v) is 8.56. The second kappa shape index (κ2) is 9.22. The molecule has 1 aliphatic heterocycles. The number of aromatic nitrogens is 1. The molecule has 0 saturated carbocycles. The monoisotopic (exact) mass is 433 g/mol. The van der Waals surface area contributed by atoms with Crippen molar-refractivity contribution >= 4 is 33.9 Å². The molecular formula is C24H23N3O3S. The Kier molecular flexibility index (Phi) is 6.23. The third-order valence-electron chi connectivity index (χ3n) is 5.31. The number of nitrogens with zero attached hydrogens (tertiary/aromatic N) is 3. The summed E-state index contributed by atoms with van der Waals surface area (Å²) in [5.41, 5.74) is 2.50. The first-order chi connectivity index (χ1) is 15.0. The number of aryl methyl sites for hydroxylation is 2. The smallest absolute Gasteiger partial charge is 0.315 e. The molecular weight excluding hydrogens is 410 g/mol. The van der Waals surface area contributed by atoms with Crippen LogP contribution in [-0.4, -0.2) is 47.1 Å². The van der Waals surface area contributed by atoms with Crippen molar-refractivity contribution in [2.24, 2.45) is 0 Å². The molecule has 0 atom stereocenters. The molecule has 2 amide bonds. The van der Waals surface area contributed by atoms with Crippen LogP contribution in [0.25, 0.3) is 0 Å². The molecule has 2 aromatic heterocycles. The zero-order valence-corrected chi connectivity index (χ0v) is 18.1. The number of hydrogen-bond donors (Lipinski definition) is 0. The summed E-state index contributed by atoms with van der Waals surface area (Å²) in [4.78, 5) is 46.1. The van der Waals surface area contributed by atoms with Crippen molar-refractivity contribution in [2.45, 2.75) is 19.8 Å². The van der Waals surface area contributed by atoms with Crippen molar-refractivity contribution in [3.63, 3.8) is 0 Å². The molecule has 0 radical (unpaired) electrons. The molecule has 1 aliphatic rings. The highest BCUT2D eigenvalue weighted by molar-refractivity contribution is 7.18. The Morgan fingerprint density at radius 3 is 2.61 bits per heavy atom. The number of pyridine rings is 1. The van der Waals surface area contributed by atoms with Crippen LogP contribution in [0.1, 0.15) is 37.6 Å². The van der Waals surface area contributed by atoms with Crippen LogP contribution in [0.5, 0.6) is 0 Å². The number of amides is 2. The Bertz CT molecular complexity index is 1100. The summed E-state index contributed by atoms with van der Waals surface area (Å²) in [7, 11) is 0. The van der Waals surface area contributed by atoms with Crippen LogP contribution >= 0.6 is 11.3 Å². The van der Waals surface area contributed by atoms with Gasteiger partial charge in [-0.1, -0.05) is 36.4 Å². The fourth-order valence-electron chi connectivity index (χ4n) is 3.62. The van der Waals surface area contributed by atoms with Gasteiger partial charge in [0, 0.05) is 37.5 Å². The van der Waals surface area contributed by atoms with Gasteiger partial charge in [-0.2, -0.15) is 0 Å².